The van der Waals surface area contributed by atoms with Gasteiger partial charge in [0.15, 0.2) is 0 Å². The van der Waals surface area contributed by atoms with E-state index in [4.69, 9.17) is 4.74 Å². The zero-order valence-corrected chi connectivity index (χ0v) is 19.0. The predicted molar refractivity (Wildman–Crippen MR) is 129 cm³/mol. The number of hydrogen-bond acceptors (Lipinski definition) is 4. The normalized spacial score (nSPS) is 12.9. The molecule has 0 unspecified atom stereocenters. The van der Waals surface area contributed by atoms with Gasteiger partial charge in [-0.1, -0.05) is 60.7 Å². The molecule has 1 atom stereocenters. The topological polar surface area (TPSA) is 105 Å². The Kier molecular flexibility index (Phi) is 6.63. The van der Waals surface area contributed by atoms with Crippen LogP contribution in [0.15, 0.2) is 66.7 Å². The van der Waals surface area contributed by atoms with Crippen molar-refractivity contribution in [2.24, 2.45) is 0 Å². The zero-order chi connectivity index (χ0) is 24.2. The number of carbonyl (C=O) groups excluding carboxylic acids is 2. The molecule has 1 aliphatic carbocycles. The summed E-state index contributed by atoms with van der Waals surface area (Å²) in [6, 6.07) is 20.5. The van der Waals surface area contributed by atoms with Crippen molar-refractivity contribution in [3.05, 3.63) is 89.0 Å². The highest BCUT2D eigenvalue weighted by Crippen LogP contribution is 2.44. The van der Waals surface area contributed by atoms with Crippen molar-refractivity contribution in [1.29, 1.82) is 0 Å². The number of alkyl carbamates (subject to hydrolysis) is 1. The molecule has 174 valence electrons. The lowest BCUT2D eigenvalue weighted by atomic mass is 9.98. The fraction of sp³-hybridized carbons (Fsp3) is 0.222. The summed E-state index contributed by atoms with van der Waals surface area (Å²) in [5, 5.41) is 14.7. The molecule has 0 bridgehead atoms. The summed E-state index contributed by atoms with van der Waals surface area (Å²) in [4.78, 5) is 36.4. The van der Waals surface area contributed by atoms with Gasteiger partial charge in [0, 0.05) is 18.4 Å². The summed E-state index contributed by atoms with van der Waals surface area (Å²) in [7, 11) is 0. The maximum atomic E-state index is 12.4. The molecule has 0 aliphatic heterocycles. The van der Waals surface area contributed by atoms with Gasteiger partial charge >= 0.3 is 12.1 Å². The van der Waals surface area contributed by atoms with E-state index in [2.05, 4.69) is 22.8 Å². The largest absolute Gasteiger partial charge is 0.478 e. The quantitative estimate of drug-likeness (QED) is 0.465. The van der Waals surface area contributed by atoms with Crippen LogP contribution in [0.2, 0.25) is 0 Å². The molecule has 2 amide bonds. The van der Waals surface area contributed by atoms with Gasteiger partial charge in [-0.3, -0.25) is 4.79 Å². The highest BCUT2D eigenvalue weighted by Gasteiger charge is 2.29. The van der Waals surface area contributed by atoms with E-state index < -0.39 is 24.0 Å². The van der Waals surface area contributed by atoms with Crippen LogP contribution in [0.5, 0.6) is 0 Å². The number of aromatic carboxylic acids is 1. The fourth-order valence-corrected chi connectivity index (χ4v) is 4.43. The lowest BCUT2D eigenvalue weighted by molar-refractivity contribution is -0.116. The highest BCUT2D eigenvalue weighted by atomic mass is 16.5. The number of anilines is 1. The van der Waals surface area contributed by atoms with Crippen molar-refractivity contribution in [2.45, 2.75) is 32.2 Å². The van der Waals surface area contributed by atoms with Crippen molar-refractivity contribution in [2.75, 3.05) is 11.9 Å². The first kappa shape index (κ1) is 23.0. The lowest BCUT2D eigenvalue weighted by Gasteiger charge is -2.17. The Morgan fingerprint density at radius 3 is 2.18 bits per heavy atom. The molecule has 34 heavy (non-hydrogen) atoms. The average molecular weight is 459 g/mol. The summed E-state index contributed by atoms with van der Waals surface area (Å²) in [5.41, 5.74) is 5.37. The molecule has 3 aromatic carbocycles. The second-order valence-corrected chi connectivity index (χ2v) is 8.43. The molecule has 7 heteroatoms. The Labute approximate surface area is 197 Å². The first-order valence-corrected chi connectivity index (χ1v) is 11.1. The molecule has 7 nitrogen and oxygen atoms in total. The number of carboxylic acid groups (broad SMARTS) is 1. The Balaban J connectivity index is 1.33. The van der Waals surface area contributed by atoms with Crippen molar-refractivity contribution in [1.82, 2.24) is 5.32 Å². The maximum absolute atomic E-state index is 12.4. The molecule has 0 saturated heterocycles. The molecule has 0 spiro atoms. The van der Waals surface area contributed by atoms with Crippen LogP contribution >= 0.6 is 0 Å². The van der Waals surface area contributed by atoms with E-state index >= 15 is 0 Å². The van der Waals surface area contributed by atoms with Crippen LogP contribution in [0.25, 0.3) is 11.1 Å². The van der Waals surface area contributed by atoms with Gasteiger partial charge in [-0.2, -0.15) is 0 Å². The van der Waals surface area contributed by atoms with Crippen LogP contribution in [-0.4, -0.2) is 35.7 Å². The minimum Gasteiger partial charge on any atom is -0.478 e. The number of aryl methyl sites for hydroxylation is 1. The fourth-order valence-electron chi connectivity index (χ4n) is 4.43. The van der Waals surface area contributed by atoms with Crippen LogP contribution in [-0.2, 0) is 9.53 Å². The summed E-state index contributed by atoms with van der Waals surface area (Å²) >= 11 is 0. The first-order valence-electron chi connectivity index (χ1n) is 11.1. The Bertz CT molecular complexity index is 1210. The van der Waals surface area contributed by atoms with Crippen molar-refractivity contribution in [3.8, 4) is 11.1 Å². The number of nitrogens with one attached hydrogen (secondary N) is 2. The third-order valence-electron chi connectivity index (χ3n) is 5.96. The Morgan fingerprint density at radius 2 is 1.56 bits per heavy atom. The number of hydrogen-bond donors (Lipinski definition) is 3. The van der Waals surface area contributed by atoms with Crippen molar-refractivity contribution >= 4 is 23.7 Å². The van der Waals surface area contributed by atoms with Gasteiger partial charge in [0.25, 0.3) is 0 Å². The second-order valence-electron chi connectivity index (χ2n) is 8.43. The van der Waals surface area contributed by atoms with Crippen LogP contribution in [0.4, 0.5) is 10.5 Å². The first-order chi connectivity index (χ1) is 16.3. The molecule has 3 N–H and O–H groups in total. The number of fused-ring (bicyclic) bond motifs is 3. The SMILES string of the molecule is Cc1cccc(NC(=O)C[C@H](C)NC(=O)OCC2c3ccccc3-c3ccccc32)c1C(=O)O. The molecule has 0 saturated carbocycles. The molecule has 0 radical (unpaired) electrons. The smallest absolute Gasteiger partial charge is 0.407 e. The minimum atomic E-state index is -1.11. The zero-order valence-electron chi connectivity index (χ0n) is 19.0. The Hall–Kier alpha value is -4.13. The van der Waals surface area contributed by atoms with E-state index in [1.165, 1.54) is 6.07 Å². The molecule has 0 aromatic heterocycles. The van der Waals surface area contributed by atoms with E-state index in [9.17, 15) is 19.5 Å². The number of rotatable bonds is 7. The summed E-state index contributed by atoms with van der Waals surface area (Å²) < 4.78 is 5.52. The molecule has 1 aliphatic rings. The van der Waals surface area contributed by atoms with E-state index in [0.717, 1.165) is 22.3 Å². The van der Waals surface area contributed by atoms with Gasteiger partial charge in [-0.25, -0.2) is 9.59 Å². The number of carboxylic acids is 1. The molecule has 3 aromatic rings. The van der Waals surface area contributed by atoms with Gasteiger partial charge < -0.3 is 20.5 Å². The van der Waals surface area contributed by atoms with Gasteiger partial charge in [0.2, 0.25) is 5.91 Å². The van der Waals surface area contributed by atoms with Gasteiger partial charge in [0.05, 0.1) is 11.3 Å². The molecular formula is C27H26N2O5. The van der Waals surface area contributed by atoms with E-state index in [1.807, 2.05) is 36.4 Å². The van der Waals surface area contributed by atoms with Gasteiger partial charge in [0.1, 0.15) is 6.61 Å². The van der Waals surface area contributed by atoms with Crippen molar-refractivity contribution < 1.29 is 24.2 Å². The number of carbonyl (C=O) groups is 3. The minimum absolute atomic E-state index is 0.0306. The highest BCUT2D eigenvalue weighted by molar-refractivity contribution is 6.01. The van der Waals surface area contributed by atoms with Crippen molar-refractivity contribution in [3.63, 3.8) is 0 Å². The molecular weight excluding hydrogens is 432 g/mol. The summed E-state index contributed by atoms with van der Waals surface area (Å²) in [5.74, 6) is -1.56. The average Bonchev–Trinajstić information content (AvgIpc) is 3.11. The Morgan fingerprint density at radius 1 is 0.941 bits per heavy atom. The number of ether oxygens (including phenoxy) is 1. The van der Waals surface area contributed by atoms with E-state index in [-0.39, 0.29) is 30.2 Å². The number of amides is 2. The maximum Gasteiger partial charge on any atom is 0.407 e. The van der Waals surface area contributed by atoms with Gasteiger partial charge in [-0.15, -0.1) is 0 Å². The number of benzene rings is 3. The summed E-state index contributed by atoms with van der Waals surface area (Å²) in [6.07, 6.45) is -0.638. The van der Waals surface area contributed by atoms with E-state index in [0.29, 0.717) is 5.56 Å². The van der Waals surface area contributed by atoms with Crippen LogP contribution in [0.3, 0.4) is 0 Å². The lowest BCUT2D eigenvalue weighted by Crippen LogP contribution is -2.36. The molecule has 0 fully saturated rings. The van der Waals surface area contributed by atoms with Gasteiger partial charge in [-0.05, 0) is 47.7 Å². The molecule has 4 rings (SSSR count). The third-order valence-corrected chi connectivity index (χ3v) is 5.96. The second kappa shape index (κ2) is 9.79. The van der Waals surface area contributed by atoms with E-state index in [1.54, 1.807) is 26.0 Å². The van der Waals surface area contributed by atoms with Crippen LogP contribution < -0.4 is 10.6 Å². The third kappa shape index (κ3) is 4.78. The predicted octanol–water partition coefficient (Wildman–Crippen LogP) is 4.95. The molecule has 0 heterocycles. The monoisotopic (exact) mass is 458 g/mol. The van der Waals surface area contributed by atoms with Crippen LogP contribution in [0, 0.1) is 6.92 Å². The summed E-state index contributed by atoms with van der Waals surface area (Å²) in [6.45, 7) is 3.54. The standard InChI is InChI=1S/C27H26N2O5/c1-16-8-7-13-23(25(16)26(31)32)29-24(30)14-17(2)28-27(33)34-15-22-20-11-5-3-9-18(20)19-10-4-6-12-21(19)22/h3-13,17,22H,14-15H2,1-2H3,(H,28,33)(H,29,30)(H,31,32)/t17-/m0/s1. The van der Waals surface area contributed by atoms with Crippen LogP contribution in [0.1, 0.15) is 46.3 Å².